The highest BCUT2D eigenvalue weighted by Crippen LogP contribution is 2.36. The van der Waals surface area contributed by atoms with Crippen LogP contribution in [0.5, 0.6) is 0 Å². The normalized spacial score (nSPS) is 12.1. The van der Waals surface area contributed by atoms with Crippen LogP contribution in [0.25, 0.3) is 10.6 Å². The highest BCUT2D eigenvalue weighted by atomic mass is 35.5. The van der Waals surface area contributed by atoms with Crippen LogP contribution in [-0.4, -0.2) is 13.7 Å². The standard InChI is InChI=1S/C16H13ClN2O2S2/c1-11-4-2-3-5-15(11)19(23(20)21)13-8-16(22-10-13)14-7-6-12(17)9-18-14/h2-10H,1H3,(H,20,21). The molecule has 3 rings (SSSR count). The third-order valence-corrected chi connectivity index (χ3v) is 5.17. The maximum Gasteiger partial charge on any atom is 0.266 e. The van der Waals surface area contributed by atoms with E-state index in [0.29, 0.717) is 16.4 Å². The zero-order valence-electron chi connectivity index (χ0n) is 12.1. The van der Waals surface area contributed by atoms with Crippen LogP contribution in [0.3, 0.4) is 0 Å². The average Bonchev–Trinajstić information content (AvgIpc) is 2.99. The Morgan fingerprint density at radius 2 is 2.04 bits per heavy atom. The van der Waals surface area contributed by atoms with Crippen molar-refractivity contribution in [3.63, 3.8) is 0 Å². The van der Waals surface area contributed by atoms with Gasteiger partial charge in [-0.15, -0.1) is 11.3 Å². The molecule has 2 heterocycles. The fourth-order valence-corrected chi connectivity index (χ4v) is 3.88. The first-order valence-electron chi connectivity index (χ1n) is 6.73. The van der Waals surface area contributed by atoms with Gasteiger partial charge < -0.3 is 0 Å². The summed E-state index contributed by atoms with van der Waals surface area (Å²) in [7, 11) is 0. The molecule has 0 aliphatic carbocycles. The first kappa shape index (κ1) is 16.1. The van der Waals surface area contributed by atoms with Gasteiger partial charge in [0.1, 0.15) is 0 Å². The molecule has 118 valence electrons. The Morgan fingerprint density at radius 3 is 2.70 bits per heavy atom. The fourth-order valence-electron chi connectivity index (χ4n) is 2.19. The van der Waals surface area contributed by atoms with Crippen molar-refractivity contribution in [2.75, 3.05) is 4.31 Å². The number of hydrogen-bond acceptors (Lipinski definition) is 3. The minimum Gasteiger partial charge on any atom is -0.289 e. The predicted molar refractivity (Wildman–Crippen MR) is 96.6 cm³/mol. The molecule has 0 bridgehead atoms. The van der Waals surface area contributed by atoms with E-state index in [2.05, 4.69) is 4.98 Å². The lowest BCUT2D eigenvalue weighted by Crippen LogP contribution is -2.19. The van der Waals surface area contributed by atoms with Gasteiger partial charge in [-0.3, -0.25) is 9.54 Å². The fraction of sp³-hybridized carbons (Fsp3) is 0.0625. The highest BCUT2D eigenvalue weighted by molar-refractivity contribution is 7.81. The van der Waals surface area contributed by atoms with Crippen LogP contribution < -0.4 is 4.31 Å². The van der Waals surface area contributed by atoms with E-state index in [4.69, 9.17) is 11.6 Å². The van der Waals surface area contributed by atoms with Crippen LogP contribution in [0.2, 0.25) is 5.02 Å². The minimum absolute atomic E-state index is 0.573. The monoisotopic (exact) mass is 364 g/mol. The summed E-state index contributed by atoms with van der Waals surface area (Å²) in [5.41, 5.74) is 3.05. The van der Waals surface area contributed by atoms with E-state index in [9.17, 15) is 8.76 Å². The van der Waals surface area contributed by atoms with Crippen molar-refractivity contribution in [3.8, 4) is 10.6 Å². The summed E-state index contributed by atoms with van der Waals surface area (Å²) < 4.78 is 23.0. The number of para-hydroxylation sites is 1. The molecule has 2 aromatic heterocycles. The Bertz CT molecular complexity index is 849. The number of anilines is 2. The molecule has 1 unspecified atom stereocenters. The van der Waals surface area contributed by atoms with Crippen LogP contribution in [0.1, 0.15) is 5.56 Å². The van der Waals surface area contributed by atoms with Crippen molar-refractivity contribution in [3.05, 3.63) is 64.6 Å². The van der Waals surface area contributed by atoms with Gasteiger partial charge in [0, 0.05) is 11.6 Å². The van der Waals surface area contributed by atoms with E-state index < -0.39 is 11.3 Å². The van der Waals surface area contributed by atoms with Crippen LogP contribution in [0.15, 0.2) is 54.0 Å². The molecule has 1 aromatic carbocycles. The van der Waals surface area contributed by atoms with Gasteiger partial charge in [0.25, 0.3) is 11.3 Å². The molecule has 0 spiro atoms. The van der Waals surface area contributed by atoms with E-state index in [0.717, 1.165) is 16.1 Å². The van der Waals surface area contributed by atoms with Crippen LogP contribution in [0.4, 0.5) is 11.4 Å². The minimum atomic E-state index is -2.16. The van der Waals surface area contributed by atoms with Gasteiger partial charge >= 0.3 is 0 Å². The van der Waals surface area contributed by atoms with Gasteiger partial charge in [0.15, 0.2) is 0 Å². The maximum absolute atomic E-state index is 11.9. The van der Waals surface area contributed by atoms with Crippen molar-refractivity contribution in [2.45, 2.75) is 6.92 Å². The van der Waals surface area contributed by atoms with Crippen LogP contribution in [-0.2, 0) is 11.3 Å². The van der Waals surface area contributed by atoms with Gasteiger partial charge in [-0.2, -0.15) is 0 Å². The first-order chi connectivity index (χ1) is 11.1. The first-order valence-corrected chi connectivity index (χ1v) is 9.05. The topological polar surface area (TPSA) is 53.4 Å². The smallest absolute Gasteiger partial charge is 0.266 e. The van der Waals surface area contributed by atoms with Gasteiger partial charge in [-0.05, 0) is 36.8 Å². The summed E-state index contributed by atoms with van der Waals surface area (Å²) in [6.07, 6.45) is 1.58. The number of rotatable bonds is 4. The molecule has 1 N–H and O–H groups in total. The Morgan fingerprint density at radius 1 is 1.26 bits per heavy atom. The second-order valence-corrected chi connectivity index (χ2v) is 7.02. The molecule has 0 amide bonds. The second-order valence-electron chi connectivity index (χ2n) is 4.84. The molecule has 3 aromatic rings. The van der Waals surface area contributed by atoms with Crippen molar-refractivity contribution in [2.24, 2.45) is 0 Å². The third-order valence-electron chi connectivity index (χ3n) is 3.29. The summed E-state index contributed by atoms with van der Waals surface area (Å²) in [6, 6.07) is 12.9. The molecule has 0 aliphatic rings. The van der Waals surface area contributed by atoms with Gasteiger partial charge in [-0.25, -0.2) is 8.51 Å². The molecule has 7 heteroatoms. The summed E-state index contributed by atoms with van der Waals surface area (Å²) in [5, 5.41) is 2.41. The SMILES string of the molecule is Cc1ccccc1N(c1csc(-c2ccc(Cl)cn2)c1)S(=O)O. The van der Waals surface area contributed by atoms with Crippen molar-refractivity contribution in [1.82, 2.24) is 4.98 Å². The van der Waals surface area contributed by atoms with Gasteiger partial charge in [0.05, 0.1) is 27.0 Å². The number of thiophene rings is 1. The molecule has 4 nitrogen and oxygen atoms in total. The van der Waals surface area contributed by atoms with E-state index in [1.807, 2.05) is 48.7 Å². The molecular weight excluding hydrogens is 352 g/mol. The summed E-state index contributed by atoms with van der Waals surface area (Å²) in [5.74, 6) is 0. The van der Waals surface area contributed by atoms with Gasteiger partial charge in [0.2, 0.25) is 0 Å². The molecule has 0 saturated heterocycles. The van der Waals surface area contributed by atoms with Crippen molar-refractivity contribution < 1.29 is 8.76 Å². The molecule has 0 aliphatic heterocycles. The lowest BCUT2D eigenvalue weighted by molar-refractivity contribution is 0.564. The molecular formula is C16H13ClN2O2S2. The Kier molecular flexibility index (Phi) is 4.77. The van der Waals surface area contributed by atoms with Crippen molar-refractivity contribution in [1.29, 1.82) is 0 Å². The van der Waals surface area contributed by atoms with Crippen LogP contribution >= 0.6 is 22.9 Å². The second kappa shape index (κ2) is 6.80. The molecule has 1 atom stereocenters. The molecule has 23 heavy (non-hydrogen) atoms. The Balaban J connectivity index is 2.01. The Labute approximate surface area is 145 Å². The zero-order valence-corrected chi connectivity index (χ0v) is 14.5. The number of benzene rings is 1. The summed E-state index contributed by atoms with van der Waals surface area (Å²) >= 11 is 5.15. The molecule has 0 saturated carbocycles. The lowest BCUT2D eigenvalue weighted by Gasteiger charge is -2.20. The van der Waals surface area contributed by atoms with Crippen molar-refractivity contribution >= 4 is 45.6 Å². The van der Waals surface area contributed by atoms with Gasteiger partial charge in [-0.1, -0.05) is 29.8 Å². The highest BCUT2D eigenvalue weighted by Gasteiger charge is 2.19. The summed E-state index contributed by atoms with van der Waals surface area (Å²) in [4.78, 5) is 5.18. The largest absolute Gasteiger partial charge is 0.289 e. The molecule has 0 radical (unpaired) electrons. The van der Waals surface area contributed by atoms with E-state index in [1.165, 1.54) is 15.6 Å². The zero-order chi connectivity index (χ0) is 16.4. The van der Waals surface area contributed by atoms with E-state index in [1.54, 1.807) is 12.3 Å². The number of nitrogens with zero attached hydrogens (tertiary/aromatic N) is 2. The summed E-state index contributed by atoms with van der Waals surface area (Å²) in [6.45, 7) is 1.91. The number of halogens is 1. The Hall–Kier alpha value is -1.73. The third kappa shape index (κ3) is 3.45. The number of aromatic nitrogens is 1. The predicted octanol–water partition coefficient (Wildman–Crippen LogP) is 5.05. The van der Waals surface area contributed by atoms with E-state index in [-0.39, 0.29) is 0 Å². The average molecular weight is 365 g/mol. The lowest BCUT2D eigenvalue weighted by atomic mass is 10.2. The number of aryl methyl sites for hydroxylation is 1. The van der Waals surface area contributed by atoms with Crippen LogP contribution in [0, 0.1) is 6.92 Å². The quantitative estimate of drug-likeness (QED) is 0.659. The molecule has 0 fully saturated rings. The number of hydrogen-bond donors (Lipinski definition) is 1. The number of pyridine rings is 1. The maximum atomic E-state index is 11.9. The van der Waals surface area contributed by atoms with E-state index >= 15 is 0 Å².